The number of aromatic nitrogens is 2. The van der Waals surface area contributed by atoms with Crippen molar-refractivity contribution in [3.05, 3.63) is 66.1 Å². The molecule has 0 amide bonds. The summed E-state index contributed by atoms with van der Waals surface area (Å²) < 4.78 is 11.3. The van der Waals surface area contributed by atoms with Crippen molar-refractivity contribution in [1.29, 1.82) is 0 Å². The second-order valence-corrected chi connectivity index (χ2v) is 6.89. The number of ether oxygens (including phenoxy) is 1. The SMILES string of the molecule is CN1CCN(Cc2nc(-c3ccc(OCc4ccccc4)cc3)no2)CC1. The van der Waals surface area contributed by atoms with Gasteiger partial charge in [0.1, 0.15) is 12.4 Å². The molecule has 1 aliphatic heterocycles. The molecule has 1 saturated heterocycles. The van der Waals surface area contributed by atoms with Crippen LogP contribution in [0.5, 0.6) is 5.75 Å². The van der Waals surface area contributed by atoms with Crippen LogP contribution in [0.1, 0.15) is 11.5 Å². The van der Waals surface area contributed by atoms with Crippen molar-refractivity contribution in [2.75, 3.05) is 33.2 Å². The van der Waals surface area contributed by atoms with Crippen molar-refractivity contribution >= 4 is 0 Å². The molecule has 1 aliphatic rings. The lowest BCUT2D eigenvalue weighted by Gasteiger charge is -2.31. The van der Waals surface area contributed by atoms with Gasteiger partial charge in [-0.1, -0.05) is 35.5 Å². The standard InChI is InChI=1S/C21H24N4O2/c1-24-11-13-25(14-12-24)15-20-22-21(23-27-20)18-7-9-19(10-8-18)26-16-17-5-3-2-4-6-17/h2-10H,11-16H2,1H3. The molecule has 1 aromatic heterocycles. The van der Waals surface area contributed by atoms with Gasteiger partial charge >= 0.3 is 0 Å². The van der Waals surface area contributed by atoms with E-state index in [1.165, 1.54) is 0 Å². The highest BCUT2D eigenvalue weighted by Crippen LogP contribution is 2.21. The fraction of sp³-hybridized carbons (Fsp3) is 0.333. The zero-order valence-electron chi connectivity index (χ0n) is 15.5. The number of hydrogen-bond donors (Lipinski definition) is 0. The van der Waals surface area contributed by atoms with E-state index >= 15 is 0 Å². The van der Waals surface area contributed by atoms with Crippen LogP contribution >= 0.6 is 0 Å². The van der Waals surface area contributed by atoms with Crippen LogP contribution in [0, 0.1) is 0 Å². The summed E-state index contributed by atoms with van der Waals surface area (Å²) in [6.45, 7) is 5.47. The summed E-state index contributed by atoms with van der Waals surface area (Å²) in [5.41, 5.74) is 2.07. The summed E-state index contributed by atoms with van der Waals surface area (Å²) in [5.74, 6) is 2.11. The Labute approximate surface area is 159 Å². The van der Waals surface area contributed by atoms with Crippen LogP contribution in [0.3, 0.4) is 0 Å². The Hall–Kier alpha value is -2.70. The molecule has 0 atom stereocenters. The molecule has 0 unspecified atom stereocenters. The molecule has 0 saturated carbocycles. The lowest BCUT2D eigenvalue weighted by molar-refractivity contribution is 0.135. The molecule has 4 rings (SSSR count). The minimum Gasteiger partial charge on any atom is -0.489 e. The van der Waals surface area contributed by atoms with Crippen molar-refractivity contribution in [3.8, 4) is 17.1 Å². The molecule has 2 heterocycles. The molecule has 1 fully saturated rings. The molecule has 0 spiro atoms. The second kappa shape index (κ2) is 8.33. The minimum atomic E-state index is 0.553. The van der Waals surface area contributed by atoms with Gasteiger partial charge in [0, 0.05) is 31.7 Å². The smallest absolute Gasteiger partial charge is 0.241 e. The van der Waals surface area contributed by atoms with E-state index < -0.39 is 0 Å². The maximum absolute atomic E-state index is 5.82. The van der Waals surface area contributed by atoms with E-state index in [0.29, 0.717) is 24.9 Å². The average molecular weight is 364 g/mol. The number of likely N-dealkylation sites (N-methyl/N-ethyl adjacent to an activating group) is 1. The zero-order chi connectivity index (χ0) is 18.5. The lowest BCUT2D eigenvalue weighted by atomic mass is 10.2. The molecule has 0 aliphatic carbocycles. The Kier molecular flexibility index (Phi) is 5.46. The normalized spacial score (nSPS) is 15.7. The number of piperazine rings is 1. The van der Waals surface area contributed by atoms with E-state index in [4.69, 9.17) is 9.26 Å². The highest BCUT2D eigenvalue weighted by atomic mass is 16.5. The Morgan fingerprint density at radius 2 is 1.70 bits per heavy atom. The third-order valence-electron chi connectivity index (χ3n) is 4.78. The number of hydrogen-bond acceptors (Lipinski definition) is 6. The second-order valence-electron chi connectivity index (χ2n) is 6.89. The third kappa shape index (κ3) is 4.72. The van der Waals surface area contributed by atoms with E-state index in [2.05, 4.69) is 39.1 Å². The van der Waals surface area contributed by atoms with Gasteiger partial charge < -0.3 is 14.2 Å². The fourth-order valence-corrected chi connectivity index (χ4v) is 3.07. The molecule has 6 nitrogen and oxygen atoms in total. The molecule has 27 heavy (non-hydrogen) atoms. The van der Waals surface area contributed by atoms with Gasteiger partial charge in [-0.3, -0.25) is 4.90 Å². The predicted molar refractivity (Wildman–Crippen MR) is 103 cm³/mol. The minimum absolute atomic E-state index is 0.553. The van der Waals surface area contributed by atoms with E-state index in [-0.39, 0.29) is 0 Å². The average Bonchev–Trinajstić information content (AvgIpc) is 3.18. The number of benzene rings is 2. The van der Waals surface area contributed by atoms with Crippen molar-refractivity contribution < 1.29 is 9.26 Å². The van der Waals surface area contributed by atoms with Gasteiger partial charge in [0.2, 0.25) is 11.7 Å². The van der Waals surface area contributed by atoms with Crippen molar-refractivity contribution in [3.63, 3.8) is 0 Å². The highest BCUT2D eigenvalue weighted by Gasteiger charge is 2.17. The Bertz CT molecular complexity index is 840. The highest BCUT2D eigenvalue weighted by molar-refractivity contribution is 5.55. The number of nitrogens with zero attached hydrogens (tertiary/aromatic N) is 4. The molecule has 140 valence electrons. The number of rotatable bonds is 6. The van der Waals surface area contributed by atoms with Crippen LogP contribution in [-0.2, 0) is 13.2 Å². The van der Waals surface area contributed by atoms with E-state index in [0.717, 1.165) is 43.1 Å². The van der Waals surface area contributed by atoms with E-state index in [9.17, 15) is 0 Å². The Morgan fingerprint density at radius 1 is 0.963 bits per heavy atom. The summed E-state index contributed by atoms with van der Waals surface area (Å²) in [7, 11) is 2.15. The van der Waals surface area contributed by atoms with Crippen LogP contribution < -0.4 is 4.74 Å². The molecule has 0 radical (unpaired) electrons. The Balaban J connectivity index is 1.34. The van der Waals surface area contributed by atoms with Crippen LogP contribution in [0.2, 0.25) is 0 Å². The predicted octanol–water partition coefficient (Wildman–Crippen LogP) is 3.06. The van der Waals surface area contributed by atoms with Crippen LogP contribution in [0.4, 0.5) is 0 Å². The van der Waals surface area contributed by atoms with Crippen LogP contribution in [-0.4, -0.2) is 53.2 Å². The molecule has 0 N–H and O–H groups in total. The molecule has 0 bridgehead atoms. The third-order valence-corrected chi connectivity index (χ3v) is 4.78. The summed E-state index contributed by atoms with van der Waals surface area (Å²) in [6, 6.07) is 17.9. The van der Waals surface area contributed by atoms with E-state index in [1.807, 2.05) is 42.5 Å². The van der Waals surface area contributed by atoms with Gasteiger partial charge in [0.25, 0.3) is 0 Å². The maximum Gasteiger partial charge on any atom is 0.241 e. The van der Waals surface area contributed by atoms with Crippen molar-refractivity contribution in [2.45, 2.75) is 13.2 Å². The first kappa shape index (κ1) is 17.7. The van der Waals surface area contributed by atoms with Gasteiger partial charge in [0.15, 0.2) is 0 Å². The van der Waals surface area contributed by atoms with Crippen molar-refractivity contribution in [1.82, 2.24) is 19.9 Å². The molecule has 6 heteroatoms. The molecule has 3 aromatic rings. The van der Waals surface area contributed by atoms with Gasteiger partial charge in [0.05, 0.1) is 6.54 Å². The monoisotopic (exact) mass is 364 g/mol. The first-order chi connectivity index (χ1) is 13.3. The van der Waals surface area contributed by atoms with E-state index in [1.54, 1.807) is 0 Å². The summed E-state index contributed by atoms with van der Waals surface area (Å²) in [6.07, 6.45) is 0. The first-order valence-electron chi connectivity index (χ1n) is 9.27. The van der Waals surface area contributed by atoms with Crippen LogP contribution in [0.15, 0.2) is 59.1 Å². The maximum atomic E-state index is 5.82. The summed E-state index contributed by atoms with van der Waals surface area (Å²) in [4.78, 5) is 9.22. The summed E-state index contributed by atoms with van der Waals surface area (Å²) >= 11 is 0. The first-order valence-corrected chi connectivity index (χ1v) is 9.27. The largest absolute Gasteiger partial charge is 0.489 e. The van der Waals surface area contributed by atoms with Gasteiger partial charge in [-0.25, -0.2) is 0 Å². The topological polar surface area (TPSA) is 54.6 Å². The van der Waals surface area contributed by atoms with Crippen LogP contribution in [0.25, 0.3) is 11.4 Å². The molecular formula is C21H24N4O2. The van der Waals surface area contributed by atoms with Gasteiger partial charge in [-0.05, 0) is 36.9 Å². The molecule has 2 aromatic carbocycles. The molecular weight excluding hydrogens is 340 g/mol. The quantitative estimate of drug-likeness (QED) is 0.670. The lowest BCUT2D eigenvalue weighted by Crippen LogP contribution is -2.43. The van der Waals surface area contributed by atoms with Crippen molar-refractivity contribution in [2.24, 2.45) is 0 Å². The van der Waals surface area contributed by atoms with Gasteiger partial charge in [-0.15, -0.1) is 0 Å². The summed E-state index contributed by atoms with van der Waals surface area (Å²) in [5, 5.41) is 4.13. The fourth-order valence-electron chi connectivity index (χ4n) is 3.07. The zero-order valence-corrected chi connectivity index (χ0v) is 15.5. The van der Waals surface area contributed by atoms with Gasteiger partial charge in [-0.2, -0.15) is 4.98 Å². The Morgan fingerprint density at radius 3 is 2.44 bits per heavy atom.